The van der Waals surface area contributed by atoms with Crippen molar-refractivity contribution in [3.63, 3.8) is 0 Å². The fourth-order valence-electron chi connectivity index (χ4n) is 2.60. The summed E-state index contributed by atoms with van der Waals surface area (Å²) in [5.74, 6) is 0. The van der Waals surface area contributed by atoms with Crippen LogP contribution < -0.4 is 10.6 Å². The lowest BCUT2D eigenvalue weighted by Crippen LogP contribution is -2.42. The summed E-state index contributed by atoms with van der Waals surface area (Å²) in [5.41, 5.74) is 2.52. The van der Waals surface area contributed by atoms with Crippen LogP contribution in [0.5, 0.6) is 0 Å². The first-order valence-corrected chi connectivity index (χ1v) is 6.41. The maximum atomic E-state index is 3.52. The molecule has 3 nitrogen and oxygen atoms in total. The summed E-state index contributed by atoms with van der Waals surface area (Å²) in [4.78, 5) is 2.43. The van der Waals surface area contributed by atoms with Gasteiger partial charge in [-0.2, -0.15) is 0 Å². The van der Waals surface area contributed by atoms with Crippen molar-refractivity contribution in [2.45, 2.75) is 18.9 Å². The Labute approximate surface area is 103 Å². The maximum absolute atomic E-state index is 3.52. The van der Waals surface area contributed by atoms with Gasteiger partial charge in [0.15, 0.2) is 0 Å². The molecule has 2 aliphatic rings. The number of rotatable bonds is 1. The van der Waals surface area contributed by atoms with Crippen molar-refractivity contribution in [1.82, 2.24) is 10.2 Å². The Bertz CT molecular complexity index is 408. The zero-order chi connectivity index (χ0) is 11.5. The predicted molar refractivity (Wildman–Crippen MR) is 71.7 cm³/mol. The van der Waals surface area contributed by atoms with Gasteiger partial charge in [0.25, 0.3) is 0 Å². The van der Waals surface area contributed by atoms with Crippen LogP contribution in [0.1, 0.15) is 18.4 Å². The van der Waals surface area contributed by atoms with Crippen LogP contribution in [-0.2, 0) is 0 Å². The molecule has 2 aliphatic heterocycles. The van der Waals surface area contributed by atoms with Gasteiger partial charge in [0, 0.05) is 17.9 Å². The Morgan fingerprint density at radius 2 is 1.94 bits per heavy atom. The van der Waals surface area contributed by atoms with Crippen molar-refractivity contribution in [1.29, 1.82) is 0 Å². The largest absolute Gasteiger partial charge is 0.367 e. The molecule has 0 amide bonds. The molecule has 0 aliphatic carbocycles. The molecule has 0 aromatic heterocycles. The number of nitrogens with zero attached hydrogens (tertiary/aromatic N) is 1. The smallest absolute Gasteiger partial charge is 0.0874 e. The molecule has 90 valence electrons. The molecule has 1 aromatic rings. The second-order valence-electron chi connectivity index (χ2n) is 4.73. The van der Waals surface area contributed by atoms with Crippen LogP contribution in [-0.4, -0.2) is 30.7 Å². The Morgan fingerprint density at radius 1 is 1.12 bits per heavy atom. The summed E-state index contributed by atoms with van der Waals surface area (Å²) in [5, 5.41) is 6.93. The van der Waals surface area contributed by atoms with Crippen LogP contribution in [0, 0.1) is 0 Å². The molecule has 1 saturated heterocycles. The normalized spacial score (nSPS) is 20.6. The molecule has 0 bridgehead atoms. The first-order valence-electron chi connectivity index (χ1n) is 6.41. The highest BCUT2D eigenvalue weighted by Crippen LogP contribution is 2.22. The minimum Gasteiger partial charge on any atom is -0.367 e. The second-order valence-corrected chi connectivity index (χ2v) is 4.73. The molecule has 1 aromatic carbocycles. The van der Waals surface area contributed by atoms with E-state index in [2.05, 4.69) is 52.1 Å². The van der Waals surface area contributed by atoms with E-state index in [-0.39, 0.29) is 0 Å². The van der Waals surface area contributed by atoms with E-state index in [9.17, 15) is 0 Å². The minimum absolute atomic E-state index is 0.675. The van der Waals surface area contributed by atoms with Gasteiger partial charge >= 0.3 is 0 Å². The van der Waals surface area contributed by atoms with Gasteiger partial charge in [-0.1, -0.05) is 18.2 Å². The van der Waals surface area contributed by atoms with Gasteiger partial charge in [-0.15, -0.1) is 0 Å². The quantitative estimate of drug-likeness (QED) is 0.772. The van der Waals surface area contributed by atoms with Crippen molar-refractivity contribution >= 4 is 11.8 Å². The molecule has 2 heterocycles. The molecule has 0 spiro atoms. The fraction of sp³-hybridized carbons (Fsp3) is 0.429. The Hall–Kier alpha value is -1.48. The van der Waals surface area contributed by atoms with Crippen molar-refractivity contribution in [2.75, 3.05) is 25.1 Å². The summed E-state index contributed by atoms with van der Waals surface area (Å²) in [6, 6.07) is 9.15. The minimum atomic E-state index is 0.675. The number of para-hydroxylation sites is 1. The highest BCUT2D eigenvalue weighted by molar-refractivity contribution is 5.67. The zero-order valence-electron chi connectivity index (χ0n) is 10.0. The van der Waals surface area contributed by atoms with E-state index >= 15 is 0 Å². The van der Waals surface area contributed by atoms with Gasteiger partial charge in [0.2, 0.25) is 0 Å². The SMILES string of the molecule is C1=CN(C2CCNCC2)CNc2ccccc21. The third kappa shape index (κ3) is 2.29. The fourth-order valence-corrected chi connectivity index (χ4v) is 2.60. The summed E-state index contributed by atoms with van der Waals surface area (Å²) in [7, 11) is 0. The van der Waals surface area contributed by atoms with Crippen LogP contribution in [0.25, 0.3) is 6.08 Å². The average molecular weight is 229 g/mol. The third-order valence-electron chi connectivity index (χ3n) is 3.64. The Balaban J connectivity index is 1.75. The van der Waals surface area contributed by atoms with Gasteiger partial charge in [-0.3, -0.25) is 0 Å². The van der Waals surface area contributed by atoms with Crippen LogP contribution in [0.2, 0.25) is 0 Å². The Morgan fingerprint density at radius 3 is 2.82 bits per heavy atom. The lowest BCUT2D eigenvalue weighted by Gasteiger charge is -2.33. The molecule has 2 N–H and O–H groups in total. The van der Waals surface area contributed by atoms with Crippen LogP contribution >= 0.6 is 0 Å². The van der Waals surface area contributed by atoms with Crippen LogP contribution in [0.4, 0.5) is 5.69 Å². The summed E-state index contributed by atoms with van der Waals surface area (Å²) >= 11 is 0. The number of anilines is 1. The third-order valence-corrected chi connectivity index (χ3v) is 3.64. The number of nitrogens with one attached hydrogen (secondary N) is 2. The van der Waals surface area contributed by atoms with Gasteiger partial charge in [-0.25, -0.2) is 0 Å². The first kappa shape index (κ1) is 10.7. The molecule has 0 saturated carbocycles. The summed E-state index contributed by atoms with van der Waals surface area (Å²) in [6.45, 7) is 3.20. The zero-order valence-corrected chi connectivity index (χ0v) is 10.0. The number of benzene rings is 1. The molecule has 17 heavy (non-hydrogen) atoms. The highest BCUT2D eigenvalue weighted by Gasteiger charge is 2.19. The Kier molecular flexibility index (Phi) is 3.01. The van der Waals surface area contributed by atoms with E-state index in [0.29, 0.717) is 6.04 Å². The van der Waals surface area contributed by atoms with Gasteiger partial charge in [-0.05, 0) is 43.6 Å². The lowest BCUT2D eigenvalue weighted by molar-refractivity contribution is 0.239. The molecule has 3 heteroatoms. The van der Waals surface area contributed by atoms with Crippen molar-refractivity contribution in [2.24, 2.45) is 0 Å². The summed E-state index contributed by atoms with van der Waals surface area (Å²) < 4.78 is 0. The van der Waals surface area contributed by atoms with E-state index in [1.165, 1.54) is 24.1 Å². The lowest BCUT2D eigenvalue weighted by atomic mass is 10.1. The number of hydrogen-bond acceptors (Lipinski definition) is 3. The van der Waals surface area contributed by atoms with E-state index in [4.69, 9.17) is 0 Å². The maximum Gasteiger partial charge on any atom is 0.0874 e. The van der Waals surface area contributed by atoms with Crippen LogP contribution in [0.15, 0.2) is 30.5 Å². The monoisotopic (exact) mass is 229 g/mol. The standard InChI is InChI=1S/C14H19N3/c1-2-4-14-12(3-1)7-10-17(11-16-14)13-5-8-15-9-6-13/h1-4,7,10,13,15-16H,5-6,8-9,11H2. The number of hydrogen-bond donors (Lipinski definition) is 2. The molecular formula is C14H19N3. The number of fused-ring (bicyclic) bond motifs is 1. The van der Waals surface area contributed by atoms with Crippen molar-refractivity contribution in [3.05, 3.63) is 36.0 Å². The van der Waals surface area contributed by atoms with Crippen molar-refractivity contribution in [3.8, 4) is 0 Å². The van der Waals surface area contributed by atoms with E-state index in [0.717, 1.165) is 19.8 Å². The van der Waals surface area contributed by atoms with Gasteiger partial charge in [0.05, 0.1) is 6.67 Å². The average Bonchev–Trinajstić information content (AvgIpc) is 2.62. The van der Waals surface area contributed by atoms with E-state index in [1.54, 1.807) is 0 Å². The van der Waals surface area contributed by atoms with E-state index in [1.807, 2.05) is 0 Å². The molecule has 3 rings (SSSR count). The second kappa shape index (κ2) is 4.80. The molecule has 0 unspecified atom stereocenters. The number of piperidine rings is 1. The van der Waals surface area contributed by atoms with Crippen molar-refractivity contribution < 1.29 is 0 Å². The molecule has 0 radical (unpaired) electrons. The first-order chi connectivity index (χ1) is 8.43. The van der Waals surface area contributed by atoms with E-state index < -0.39 is 0 Å². The molecule has 0 atom stereocenters. The van der Waals surface area contributed by atoms with Gasteiger partial charge in [0.1, 0.15) is 0 Å². The summed E-state index contributed by atoms with van der Waals surface area (Å²) in [6.07, 6.45) is 6.94. The highest BCUT2D eigenvalue weighted by atomic mass is 15.2. The predicted octanol–water partition coefficient (Wildman–Crippen LogP) is 2.09. The topological polar surface area (TPSA) is 27.3 Å². The molecule has 1 fully saturated rings. The molecular weight excluding hydrogens is 210 g/mol. The van der Waals surface area contributed by atoms with Crippen LogP contribution in [0.3, 0.4) is 0 Å². The van der Waals surface area contributed by atoms with Gasteiger partial charge < -0.3 is 15.5 Å².